The van der Waals surface area contributed by atoms with Gasteiger partial charge in [-0.25, -0.2) is 0 Å². The molecule has 3 aliphatic heterocycles. The SMILES string of the molecule is CCOC(=O)[C@H]1[C@H]2C(=O)N([C@H](CO)c3ccccc3)C(C(=O)NC(C)(C)C)C23CC(Br)[C@@H]1S3. The van der Waals surface area contributed by atoms with Crippen LogP contribution in [0.3, 0.4) is 0 Å². The Labute approximate surface area is 207 Å². The van der Waals surface area contributed by atoms with Crippen LogP contribution in [-0.4, -0.2) is 67.4 Å². The van der Waals surface area contributed by atoms with E-state index in [2.05, 4.69) is 21.2 Å². The van der Waals surface area contributed by atoms with E-state index in [1.807, 2.05) is 51.1 Å². The number of aliphatic hydroxyl groups is 1. The molecule has 0 saturated carbocycles. The third-order valence-electron chi connectivity index (χ3n) is 6.73. The molecule has 3 heterocycles. The molecule has 9 heteroatoms. The van der Waals surface area contributed by atoms with E-state index in [-0.39, 0.29) is 35.1 Å². The number of alkyl halides is 1. The molecule has 3 unspecified atom stereocenters. The normalized spacial score (nSPS) is 33.7. The zero-order valence-corrected chi connectivity index (χ0v) is 21.7. The van der Waals surface area contributed by atoms with Crippen LogP contribution in [0.1, 0.15) is 45.7 Å². The number of hydrogen-bond donors (Lipinski definition) is 2. The van der Waals surface area contributed by atoms with E-state index in [0.717, 1.165) is 5.56 Å². The Morgan fingerprint density at radius 2 is 2.00 bits per heavy atom. The van der Waals surface area contributed by atoms with E-state index < -0.39 is 40.2 Å². The molecule has 3 saturated heterocycles. The quantitative estimate of drug-likeness (QED) is 0.427. The predicted octanol–water partition coefficient (Wildman–Crippen LogP) is 2.66. The smallest absolute Gasteiger partial charge is 0.310 e. The van der Waals surface area contributed by atoms with Crippen molar-refractivity contribution in [3.05, 3.63) is 35.9 Å². The molecule has 2 bridgehead atoms. The van der Waals surface area contributed by atoms with Crippen molar-refractivity contribution in [3.63, 3.8) is 0 Å². The van der Waals surface area contributed by atoms with Crippen LogP contribution in [-0.2, 0) is 19.1 Å². The number of benzene rings is 1. The Bertz CT molecular complexity index is 939. The first-order chi connectivity index (χ1) is 15.6. The number of esters is 1. The van der Waals surface area contributed by atoms with Crippen molar-refractivity contribution in [2.75, 3.05) is 13.2 Å². The topological polar surface area (TPSA) is 95.9 Å². The van der Waals surface area contributed by atoms with E-state index in [1.165, 1.54) is 0 Å². The summed E-state index contributed by atoms with van der Waals surface area (Å²) in [4.78, 5) is 42.4. The monoisotopic (exact) mass is 538 g/mol. The van der Waals surface area contributed by atoms with Gasteiger partial charge in [-0.15, -0.1) is 11.8 Å². The van der Waals surface area contributed by atoms with Crippen LogP contribution in [0.15, 0.2) is 30.3 Å². The van der Waals surface area contributed by atoms with Gasteiger partial charge in [-0.1, -0.05) is 46.3 Å². The largest absolute Gasteiger partial charge is 0.466 e. The van der Waals surface area contributed by atoms with Crippen molar-refractivity contribution in [3.8, 4) is 0 Å². The third kappa shape index (κ3) is 4.00. The number of thioether (sulfide) groups is 1. The van der Waals surface area contributed by atoms with Crippen LogP contribution in [0.2, 0.25) is 0 Å². The number of nitrogens with one attached hydrogen (secondary N) is 1. The van der Waals surface area contributed by atoms with Gasteiger partial charge >= 0.3 is 5.97 Å². The van der Waals surface area contributed by atoms with Crippen molar-refractivity contribution in [2.24, 2.45) is 11.8 Å². The van der Waals surface area contributed by atoms with Crippen molar-refractivity contribution in [1.82, 2.24) is 10.2 Å². The molecule has 2 N–H and O–H groups in total. The Hall–Kier alpha value is -1.58. The average Bonchev–Trinajstić information content (AvgIpc) is 3.32. The Morgan fingerprint density at radius 1 is 1.33 bits per heavy atom. The minimum absolute atomic E-state index is 0.0184. The van der Waals surface area contributed by atoms with Crippen molar-refractivity contribution in [2.45, 2.75) is 66.6 Å². The summed E-state index contributed by atoms with van der Waals surface area (Å²) in [7, 11) is 0. The molecule has 0 aliphatic carbocycles. The number of halogens is 1. The molecule has 33 heavy (non-hydrogen) atoms. The van der Waals surface area contributed by atoms with Crippen molar-refractivity contribution >= 4 is 45.5 Å². The molecule has 180 valence electrons. The van der Waals surface area contributed by atoms with E-state index in [4.69, 9.17) is 4.74 Å². The zero-order valence-electron chi connectivity index (χ0n) is 19.3. The standard InChI is InChI=1S/C24H31BrN2O5S/c1-5-32-22(31)16-17-21(30)27(15(12-28)13-9-7-6-8-10-13)19(20(29)26-23(2,3)4)24(17)11-14(25)18(16)33-24/h6-10,14-19,28H,5,11-12H2,1-4H3,(H,26,29)/t14?,15-,16+,17+,18+,19?,24?/m1/s1. The summed E-state index contributed by atoms with van der Waals surface area (Å²) in [6, 6.07) is 7.74. The number of rotatable bonds is 6. The van der Waals surface area contributed by atoms with Gasteiger partial charge in [0.25, 0.3) is 0 Å². The van der Waals surface area contributed by atoms with E-state index in [1.54, 1.807) is 23.6 Å². The van der Waals surface area contributed by atoms with Gasteiger partial charge in [-0.3, -0.25) is 14.4 Å². The highest BCUT2D eigenvalue weighted by Gasteiger charge is 2.76. The Kier molecular flexibility index (Phi) is 6.61. The van der Waals surface area contributed by atoms with Crippen molar-refractivity contribution < 1.29 is 24.2 Å². The molecule has 4 rings (SSSR count). The lowest BCUT2D eigenvalue weighted by atomic mass is 9.71. The number of fused-ring (bicyclic) bond motifs is 1. The highest BCUT2D eigenvalue weighted by Crippen LogP contribution is 2.68. The number of amides is 2. The number of likely N-dealkylation sites (tertiary alicyclic amines) is 1. The van der Waals surface area contributed by atoms with Crippen LogP contribution in [0, 0.1) is 11.8 Å². The van der Waals surface area contributed by atoms with Gasteiger partial charge < -0.3 is 20.1 Å². The summed E-state index contributed by atoms with van der Waals surface area (Å²) in [6.07, 6.45) is 0.584. The average molecular weight is 539 g/mol. The van der Waals surface area contributed by atoms with Gasteiger partial charge in [0.15, 0.2) is 0 Å². The first-order valence-electron chi connectivity index (χ1n) is 11.3. The molecule has 0 radical (unpaired) electrons. The van der Waals surface area contributed by atoms with Crippen LogP contribution in [0.5, 0.6) is 0 Å². The van der Waals surface area contributed by atoms with Gasteiger partial charge in [-0.05, 0) is 39.7 Å². The van der Waals surface area contributed by atoms with E-state index in [0.29, 0.717) is 6.42 Å². The molecule has 7 atom stereocenters. The summed E-state index contributed by atoms with van der Waals surface area (Å²) in [5, 5.41) is 13.3. The number of hydrogen-bond acceptors (Lipinski definition) is 6. The molecule has 7 nitrogen and oxygen atoms in total. The Morgan fingerprint density at radius 3 is 2.58 bits per heavy atom. The van der Waals surface area contributed by atoms with Crippen LogP contribution in [0.25, 0.3) is 0 Å². The predicted molar refractivity (Wildman–Crippen MR) is 130 cm³/mol. The molecule has 1 aromatic rings. The summed E-state index contributed by atoms with van der Waals surface area (Å²) >= 11 is 5.28. The summed E-state index contributed by atoms with van der Waals surface area (Å²) in [6.45, 7) is 7.35. The minimum atomic E-state index is -0.818. The second kappa shape index (κ2) is 8.89. The van der Waals surface area contributed by atoms with Gasteiger partial charge in [0.05, 0.1) is 35.8 Å². The number of ether oxygens (including phenoxy) is 1. The molecule has 2 amide bonds. The fourth-order valence-corrected chi connectivity index (χ4v) is 9.27. The molecule has 0 aromatic heterocycles. The summed E-state index contributed by atoms with van der Waals surface area (Å²) in [5.74, 6) is -2.22. The highest BCUT2D eigenvalue weighted by molar-refractivity contribution is 9.09. The van der Waals surface area contributed by atoms with Crippen LogP contribution >= 0.6 is 27.7 Å². The summed E-state index contributed by atoms with van der Waals surface area (Å²) in [5.41, 5.74) is 0.248. The first kappa shape index (κ1) is 24.5. The third-order valence-corrected chi connectivity index (χ3v) is 9.95. The minimum Gasteiger partial charge on any atom is -0.466 e. The second-order valence-corrected chi connectivity index (χ2v) is 12.7. The lowest BCUT2D eigenvalue weighted by Crippen LogP contribution is -2.58. The maximum atomic E-state index is 14.0. The van der Waals surface area contributed by atoms with E-state index in [9.17, 15) is 19.5 Å². The fourth-order valence-electron chi connectivity index (χ4n) is 5.68. The van der Waals surface area contributed by atoms with E-state index >= 15 is 0 Å². The van der Waals surface area contributed by atoms with Crippen LogP contribution in [0.4, 0.5) is 0 Å². The fraction of sp³-hybridized carbons (Fsp3) is 0.625. The van der Waals surface area contributed by atoms with Crippen molar-refractivity contribution in [1.29, 1.82) is 0 Å². The number of nitrogens with zero attached hydrogens (tertiary/aromatic N) is 1. The Balaban J connectivity index is 1.83. The van der Waals surface area contributed by atoms with Gasteiger partial charge in [0.1, 0.15) is 6.04 Å². The molecule has 3 aliphatic rings. The number of carbonyl (C=O) groups is 3. The highest BCUT2D eigenvalue weighted by atomic mass is 79.9. The molecular weight excluding hydrogens is 508 g/mol. The lowest BCUT2D eigenvalue weighted by Gasteiger charge is -2.39. The molecular formula is C24H31BrN2O5S. The first-order valence-corrected chi connectivity index (χ1v) is 13.1. The van der Waals surface area contributed by atoms with Gasteiger partial charge in [0.2, 0.25) is 11.8 Å². The number of carbonyl (C=O) groups excluding carboxylic acids is 3. The molecule has 1 aromatic carbocycles. The van der Waals surface area contributed by atoms with Gasteiger partial charge in [-0.2, -0.15) is 0 Å². The maximum absolute atomic E-state index is 14.0. The second-order valence-electron chi connectivity index (χ2n) is 10.0. The van der Waals surface area contributed by atoms with Gasteiger partial charge in [0, 0.05) is 15.6 Å². The molecule has 1 spiro atoms. The van der Waals surface area contributed by atoms with Crippen LogP contribution < -0.4 is 5.32 Å². The number of aliphatic hydroxyl groups excluding tert-OH is 1. The summed E-state index contributed by atoms with van der Waals surface area (Å²) < 4.78 is 4.60. The lowest BCUT2D eigenvalue weighted by molar-refractivity contribution is -0.154. The maximum Gasteiger partial charge on any atom is 0.310 e. The molecule has 3 fully saturated rings. The zero-order chi connectivity index (χ0) is 24.1.